The minimum Gasteiger partial charge on any atom is -0.478 e. The fourth-order valence-corrected chi connectivity index (χ4v) is 5.45. The number of aromatic carboxylic acids is 1. The van der Waals surface area contributed by atoms with E-state index in [1.165, 1.54) is 0 Å². The highest BCUT2D eigenvalue weighted by molar-refractivity contribution is 5.88. The normalized spacial score (nSPS) is 37.2. The van der Waals surface area contributed by atoms with Gasteiger partial charge in [0.25, 0.3) is 0 Å². The van der Waals surface area contributed by atoms with Gasteiger partial charge in [-0.1, -0.05) is 30.7 Å². The predicted octanol–water partition coefficient (Wildman–Crippen LogP) is 4.00. The van der Waals surface area contributed by atoms with Gasteiger partial charge >= 0.3 is 5.97 Å². The van der Waals surface area contributed by atoms with Gasteiger partial charge in [-0.3, -0.25) is 4.79 Å². The van der Waals surface area contributed by atoms with E-state index in [2.05, 4.69) is 0 Å². The van der Waals surface area contributed by atoms with Gasteiger partial charge in [0.1, 0.15) is 6.10 Å². The first-order chi connectivity index (χ1) is 15.1. The molecule has 6 atom stereocenters. The van der Waals surface area contributed by atoms with Crippen LogP contribution in [0.15, 0.2) is 41.5 Å². The first-order valence-electron chi connectivity index (χ1n) is 11.7. The summed E-state index contributed by atoms with van der Waals surface area (Å²) in [4.78, 5) is 23.2. The molecule has 2 aliphatic carbocycles. The summed E-state index contributed by atoms with van der Waals surface area (Å²) < 4.78 is 5.64. The van der Waals surface area contributed by atoms with Crippen molar-refractivity contribution in [2.75, 3.05) is 6.61 Å². The van der Waals surface area contributed by atoms with Crippen LogP contribution in [0.2, 0.25) is 0 Å². The van der Waals surface area contributed by atoms with Crippen molar-refractivity contribution in [2.45, 2.75) is 77.1 Å². The molecule has 32 heavy (non-hydrogen) atoms. The summed E-state index contributed by atoms with van der Waals surface area (Å²) in [7, 11) is 0. The van der Waals surface area contributed by atoms with Crippen molar-refractivity contribution in [1.82, 2.24) is 0 Å². The molecule has 0 amide bonds. The number of aliphatic hydroxyl groups is 2. The van der Waals surface area contributed by atoms with Crippen LogP contribution in [-0.4, -0.2) is 51.5 Å². The minimum absolute atomic E-state index is 0.0331. The van der Waals surface area contributed by atoms with Crippen molar-refractivity contribution in [3.05, 3.63) is 47.0 Å². The van der Waals surface area contributed by atoms with Crippen LogP contribution in [0, 0.1) is 17.8 Å². The van der Waals surface area contributed by atoms with Gasteiger partial charge in [0, 0.05) is 11.8 Å². The van der Waals surface area contributed by atoms with Gasteiger partial charge in [0.2, 0.25) is 0 Å². The number of ketones is 1. The van der Waals surface area contributed by atoms with Gasteiger partial charge in [-0.05, 0) is 76.0 Å². The average Bonchev–Trinajstić information content (AvgIpc) is 2.74. The van der Waals surface area contributed by atoms with Crippen LogP contribution in [0.1, 0.15) is 69.7 Å². The zero-order valence-corrected chi connectivity index (χ0v) is 19.3. The molecule has 6 heteroatoms. The molecule has 0 spiro atoms. The van der Waals surface area contributed by atoms with Crippen LogP contribution in [0.4, 0.5) is 0 Å². The first-order valence-corrected chi connectivity index (χ1v) is 11.7. The number of benzene rings is 1. The van der Waals surface area contributed by atoms with Crippen molar-refractivity contribution >= 4 is 11.8 Å². The van der Waals surface area contributed by atoms with E-state index in [0.717, 1.165) is 30.4 Å². The molecule has 4 rings (SSSR count). The van der Waals surface area contributed by atoms with Crippen molar-refractivity contribution in [2.24, 2.45) is 17.8 Å². The van der Waals surface area contributed by atoms with Gasteiger partial charge in [-0.15, -0.1) is 0 Å². The number of hydrogen-bond acceptors (Lipinski definition) is 5. The highest BCUT2D eigenvalue weighted by atomic mass is 16.5. The number of allylic oxidation sites excluding steroid dienone is 1. The van der Waals surface area contributed by atoms with E-state index in [0.29, 0.717) is 37.4 Å². The largest absolute Gasteiger partial charge is 0.478 e. The van der Waals surface area contributed by atoms with Crippen molar-refractivity contribution in [3.8, 4) is 0 Å². The number of aliphatic hydroxyl groups excluding tert-OH is 1. The number of carboxylic acid groups (broad SMARTS) is 1. The SMILES string of the molecule is CC/C1=C(/C)CCC(C)(O)CC2C(CCC3OCC32)C(=O)C1O.O=C(O)c1ccccc1. The molecule has 2 fully saturated rings. The van der Waals surface area contributed by atoms with Crippen LogP contribution in [0.3, 0.4) is 0 Å². The zero-order valence-electron chi connectivity index (χ0n) is 19.3. The maximum absolute atomic E-state index is 13.0. The molecular formula is C26H36O6. The van der Waals surface area contributed by atoms with Gasteiger partial charge in [0.05, 0.1) is 23.9 Å². The highest BCUT2D eigenvalue weighted by Crippen LogP contribution is 2.47. The quantitative estimate of drug-likeness (QED) is 0.596. The third kappa shape index (κ3) is 5.48. The highest BCUT2D eigenvalue weighted by Gasteiger charge is 2.50. The minimum atomic E-state index is -0.965. The van der Waals surface area contributed by atoms with Crippen molar-refractivity contribution < 1.29 is 29.6 Å². The lowest BCUT2D eigenvalue weighted by atomic mass is 9.62. The molecule has 0 bridgehead atoms. The molecule has 3 N–H and O–H groups in total. The lowest BCUT2D eigenvalue weighted by Gasteiger charge is -2.51. The van der Waals surface area contributed by atoms with Crippen LogP contribution in [0.25, 0.3) is 0 Å². The van der Waals surface area contributed by atoms with E-state index in [-0.39, 0.29) is 23.7 Å². The number of Topliss-reactive ketones (excluding diaryl/α,β-unsaturated/α-hetero) is 1. The molecule has 1 saturated carbocycles. The van der Waals surface area contributed by atoms with Crippen molar-refractivity contribution in [3.63, 3.8) is 0 Å². The average molecular weight is 445 g/mol. The molecule has 6 unspecified atom stereocenters. The van der Waals surface area contributed by atoms with E-state index in [4.69, 9.17) is 9.84 Å². The molecule has 0 radical (unpaired) electrons. The smallest absolute Gasteiger partial charge is 0.335 e. The molecule has 0 aromatic heterocycles. The molecule has 6 nitrogen and oxygen atoms in total. The Kier molecular flexibility index (Phi) is 7.91. The summed E-state index contributed by atoms with van der Waals surface area (Å²) >= 11 is 0. The molecule has 1 aromatic carbocycles. The summed E-state index contributed by atoms with van der Waals surface area (Å²) in [5, 5.41) is 29.9. The van der Waals surface area contributed by atoms with Crippen molar-refractivity contribution in [1.29, 1.82) is 0 Å². The molecule has 1 heterocycles. The second kappa shape index (κ2) is 10.3. The number of carbonyl (C=O) groups is 2. The monoisotopic (exact) mass is 444 g/mol. The first kappa shape index (κ1) is 24.6. The Morgan fingerprint density at radius 3 is 2.41 bits per heavy atom. The molecule has 1 aromatic rings. The van der Waals surface area contributed by atoms with Gasteiger partial charge in [-0.2, -0.15) is 0 Å². The Morgan fingerprint density at radius 1 is 1.19 bits per heavy atom. The molecule has 1 saturated heterocycles. The number of hydrogen-bond donors (Lipinski definition) is 3. The maximum Gasteiger partial charge on any atom is 0.335 e. The van der Waals surface area contributed by atoms with Gasteiger partial charge in [0.15, 0.2) is 5.78 Å². The topological polar surface area (TPSA) is 104 Å². The summed E-state index contributed by atoms with van der Waals surface area (Å²) in [6, 6.07) is 8.30. The number of ether oxygens (including phenoxy) is 1. The van der Waals surface area contributed by atoms with E-state index >= 15 is 0 Å². The van der Waals surface area contributed by atoms with E-state index < -0.39 is 17.7 Å². The predicted molar refractivity (Wildman–Crippen MR) is 121 cm³/mol. The van der Waals surface area contributed by atoms with Crippen LogP contribution in [-0.2, 0) is 9.53 Å². The lowest BCUT2D eigenvalue weighted by molar-refractivity contribution is -0.186. The van der Waals surface area contributed by atoms with E-state index in [9.17, 15) is 19.8 Å². The van der Waals surface area contributed by atoms with Gasteiger partial charge < -0.3 is 20.1 Å². The second-order valence-corrected chi connectivity index (χ2v) is 9.72. The number of carboxylic acids is 1. The summed E-state index contributed by atoms with van der Waals surface area (Å²) in [6.45, 7) is 6.57. The number of fused-ring (bicyclic) bond motifs is 3. The zero-order chi connectivity index (χ0) is 23.5. The second-order valence-electron chi connectivity index (χ2n) is 9.72. The summed E-state index contributed by atoms with van der Waals surface area (Å²) in [5.41, 5.74) is 1.49. The lowest BCUT2D eigenvalue weighted by Crippen LogP contribution is -2.54. The Balaban J connectivity index is 0.000000269. The Morgan fingerprint density at radius 2 is 1.88 bits per heavy atom. The summed E-state index contributed by atoms with van der Waals surface area (Å²) in [6.07, 6.45) is 3.71. The number of carbonyl (C=O) groups excluding carboxylic acids is 1. The van der Waals surface area contributed by atoms with Crippen LogP contribution < -0.4 is 0 Å². The fraction of sp³-hybridized carbons (Fsp3) is 0.615. The third-order valence-electron chi connectivity index (χ3n) is 7.44. The fourth-order valence-electron chi connectivity index (χ4n) is 5.45. The molecule has 176 valence electrons. The van der Waals surface area contributed by atoms with Crippen LogP contribution >= 0.6 is 0 Å². The molecular weight excluding hydrogens is 408 g/mol. The summed E-state index contributed by atoms with van der Waals surface area (Å²) in [5.74, 6) is -0.555. The molecule has 1 aliphatic heterocycles. The Bertz CT molecular complexity index is 843. The maximum atomic E-state index is 13.0. The van der Waals surface area contributed by atoms with E-state index in [1.807, 2.05) is 20.8 Å². The van der Waals surface area contributed by atoms with Gasteiger partial charge in [-0.25, -0.2) is 4.79 Å². The molecule has 3 aliphatic rings. The third-order valence-corrected chi connectivity index (χ3v) is 7.44. The number of rotatable bonds is 2. The van der Waals surface area contributed by atoms with Crippen LogP contribution in [0.5, 0.6) is 0 Å². The Hall–Kier alpha value is -2.02. The Labute approximate surface area is 190 Å². The standard InChI is InChI=1S/C19H30O4.C7H6O2/c1-4-12-11(2)7-8-19(3,22)9-14-13(18(21)17(12)20)5-6-16-15(14)10-23-16;8-7(9)6-4-2-1-3-5-6/h13-17,20,22H,4-10H2,1-3H3;1-5H,(H,8,9)/b12-11+;. The van der Waals surface area contributed by atoms with E-state index in [1.54, 1.807) is 30.3 Å².